The van der Waals surface area contributed by atoms with Gasteiger partial charge < -0.3 is 19.5 Å². The number of aromatic nitrogens is 2. The van der Waals surface area contributed by atoms with E-state index >= 15 is 0 Å². The molecular formula is C27H24N4O4. The standard InChI is InChI=1S/C27H24N4O4/c1-17-6-10-22(11-7-17)31-16-20(15-24(31)32)26(33)28-21-5-3-4-19(14-21)27-29-25(30-35-27)18-8-12-23(34-2)13-9-18/h3-14,20H,15-16H2,1-2H3,(H,28,33)/t20-/m1/s1. The number of aryl methyl sites for hydroxylation is 1. The van der Waals surface area contributed by atoms with Gasteiger partial charge >= 0.3 is 0 Å². The maximum absolute atomic E-state index is 12.9. The highest BCUT2D eigenvalue weighted by molar-refractivity contribution is 6.03. The fourth-order valence-corrected chi connectivity index (χ4v) is 4.03. The third kappa shape index (κ3) is 4.77. The van der Waals surface area contributed by atoms with E-state index in [4.69, 9.17) is 9.26 Å². The van der Waals surface area contributed by atoms with E-state index in [0.29, 0.717) is 29.5 Å². The number of rotatable bonds is 6. The monoisotopic (exact) mass is 468 g/mol. The summed E-state index contributed by atoms with van der Waals surface area (Å²) >= 11 is 0. The Labute approximate surface area is 202 Å². The van der Waals surface area contributed by atoms with Crippen LogP contribution in [0.4, 0.5) is 11.4 Å². The lowest BCUT2D eigenvalue weighted by molar-refractivity contribution is -0.122. The summed E-state index contributed by atoms with van der Waals surface area (Å²) < 4.78 is 10.6. The largest absolute Gasteiger partial charge is 0.497 e. The Morgan fingerprint density at radius 3 is 2.57 bits per heavy atom. The van der Waals surface area contributed by atoms with Crippen LogP contribution in [0.2, 0.25) is 0 Å². The van der Waals surface area contributed by atoms with Gasteiger partial charge in [-0.15, -0.1) is 0 Å². The van der Waals surface area contributed by atoms with Crippen molar-refractivity contribution in [2.45, 2.75) is 13.3 Å². The molecule has 1 saturated heterocycles. The molecule has 5 rings (SSSR count). The van der Waals surface area contributed by atoms with Gasteiger partial charge in [-0.25, -0.2) is 0 Å². The van der Waals surface area contributed by atoms with Gasteiger partial charge in [0.15, 0.2) is 0 Å². The zero-order valence-electron chi connectivity index (χ0n) is 19.4. The van der Waals surface area contributed by atoms with Crippen LogP contribution >= 0.6 is 0 Å². The Morgan fingerprint density at radius 1 is 1.06 bits per heavy atom. The highest BCUT2D eigenvalue weighted by Crippen LogP contribution is 2.28. The van der Waals surface area contributed by atoms with Crippen LogP contribution in [-0.4, -0.2) is 35.6 Å². The van der Waals surface area contributed by atoms with Gasteiger partial charge in [-0.1, -0.05) is 28.9 Å². The number of nitrogens with one attached hydrogen (secondary N) is 1. The third-order valence-corrected chi connectivity index (χ3v) is 5.99. The molecule has 8 heteroatoms. The summed E-state index contributed by atoms with van der Waals surface area (Å²) in [6.07, 6.45) is 0.175. The second-order valence-corrected chi connectivity index (χ2v) is 8.46. The van der Waals surface area contributed by atoms with Crippen molar-refractivity contribution in [2.75, 3.05) is 23.9 Å². The van der Waals surface area contributed by atoms with Gasteiger partial charge in [0.1, 0.15) is 5.75 Å². The number of methoxy groups -OCH3 is 1. The highest BCUT2D eigenvalue weighted by atomic mass is 16.5. The molecule has 0 aliphatic carbocycles. The number of anilines is 2. The molecule has 176 valence electrons. The van der Waals surface area contributed by atoms with Crippen molar-refractivity contribution in [2.24, 2.45) is 5.92 Å². The summed E-state index contributed by atoms with van der Waals surface area (Å²) in [6.45, 7) is 2.34. The van der Waals surface area contributed by atoms with Crippen molar-refractivity contribution >= 4 is 23.2 Å². The van der Waals surface area contributed by atoms with Crippen LogP contribution in [0, 0.1) is 12.8 Å². The predicted octanol–water partition coefficient (Wildman–Crippen LogP) is 4.71. The van der Waals surface area contributed by atoms with Gasteiger partial charge in [0, 0.05) is 35.5 Å². The molecule has 8 nitrogen and oxygen atoms in total. The molecule has 1 aliphatic rings. The summed E-state index contributed by atoms with van der Waals surface area (Å²) in [7, 11) is 1.61. The average Bonchev–Trinajstić information content (AvgIpc) is 3.52. The molecule has 0 bridgehead atoms. The van der Waals surface area contributed by atoms with Crippen LogP contribution in [0.3, 0.4) is 0 Å². The van der Waals surface area contributed by atoms with Gasteiger partial charge in [-0.2, -0.15) is 4.98 Å². The quantitative estimate of drug-likeness (QED) is 0.440. The van der Waals surface area contributed by atoms with Crippen LogP contribution in [0.25, 0.3) is 22.8 Å². The lowest BCUT2D eigenvalue weighted by Crippen LogP contribution is -2.28. The Kier molecular flexibility index (Phi) is 6.01. The number of hydrogen-bond acceptors (Lipinski definition) is 6. The molecule has 2 heterocycles. The summed E-state index contributed by atoms with van der Waals surface area (Å²) in [5, 5.41) is 6.99. The van der Waals surface area contributed by atoms with Crippen molar-refractivity contribution in [3.05, 3.63) is 78.4 Å². The van der Waals surface area contributed by atoms with E-state index in [2.05, 4.69) is 15.5 Å². The lowest BCUT2D eigenvalue weighted by atomic mass is 10.1. The Hall–Kier alpha value is -4.46. The molecular weight excluding hydrogens is 444 g/mol. The fourth-order valence-electron chi connectivity index (χ4n) is 4.03. The molecule has 1 atom stereocenters. The lowest BCUT2D eigenvalue weighted by Gasteiger charge is -2.17. The van der Waals surface area contributed by atoms with E-state index in [9.17, 15) is 9.59 Å². The van der Waals surface area contributed by atoms with Crippen molar-refractivity contribution in [3.63, 3.8) is 0 Å². The van der Waals surface area contributed by atoms with Crippen LogP contribution < -0.4 is 15.0 Å². The molecule has 0 unspecified atom stereocenters. The van der Waals surface area contributed by atoms with Crippen LogP contribution in [0.1, 0.15) is 12.0 Å². The molecule has 0 radical (unpaired) electrons. The molecule has 3 aromatic carbocycles. The molecule has 4 aromatic rings. The van der Waals surface area contributed by atoms with Crippen molar-refractivity contribution in [1.82, 2.24) is 10.1 Å². The van der Waals surface area contributed by atoms with Gasteiger partial charge in [0.05, 0.1) is 13.0 Å². The first kappa shape index (κ1) is 22.3. The Bertz CT molecular complexity index is 1360. The molecule has 0 spiro atoms. The Balaban J connectivity index is 1.27. The normalized spacial score (nSPS) is 15.3. The topological polar surface area (TPSA) is 97.6 Å². The van der Waals surface area contributed by atoms with Gasteiger partial charge in [0.25, 0.3) is 5.89 Å². The van der Waals surface area contributed by atoms with E-state index in [1.165, 1.54) is 0 Å². The summed E-state index contributed by atoms with van der Waals surface area (Å²) in [4.78, 5) is 31.6. The molecule has 1 fully saturated rings. The second-order valence-electron chi connectivity index (χ2n) is 8.46. The van der Waals surface area contributed by atoms with E-state index in [0.717, 1.165) is 22.6 Å². The summed E-state index contributed by atoms with van der Waals surface area (Å²) in [5.41, 5.74) is 4.00. The number of nitrogens with zero attached hydrogens (tertiary/aromatic N) is 3. The first-order valence-electron chi connectivity index (χ1n) is 11.3. The van der Waals surface area contributed by atoms with E-state index in [-0.39, 0.29) is 18.2 Å². The zero-order chi connectivity index (χ0) is 24.4. The van der Waals surface area contributed by atoms with Crippen LogP contribution in [0.15, 0.2) is 77.3 Å². The van der Waals surface area contributed by atoms with E-state index in [1.54, 1.807) is 30.2 Å². The van der Waals surface area contributed by atoms with Crippen molar-refractivity contribution in [3.8, 4) is 28.6 Å². The van der Waals surface area contributed by atoms with E-state index in [1.807, 2.05) is 61.5 Å². The smallest absolute Gasteiger partial charge is 0.258 e. The van der Waals surface area contributed by atoms with Crippen LogP contribution in [-0.2, 0) is 9.59 Å². The zero-order valence-corrected chi connectivity index (χ0v) is 19.4. The van der Waals surface area contributed by atoms with Gasteiger partial charge in [-0.05, 0) is 61.5 Å². The predicted molar refractivity (Wildman–Crippen MR) is 132 cm³/mol. The Morgan fingerprint density at radius 2 is 1.83 bits per heavy atom. The SMILES string of the molecule is COc1ccc(-c2noc(-c3cccc(NC(=O)[C@@H]4CC(=O)N(c5ccc(C)cc5)C4)c3)n2)cc1. The number of ether oxygens (including phenoxy) is 1. The first-order valence-corrected chi connectivity index (χ1v) is 11.3. The molecule has 1 aliphatic heterocycles. The number of hydrogen-bond donors (Lipinski definition) is 1. The molecule has 0 saturated carbocycles. The number of amides is 2. The number of benzene rings is 3. The maximum atomic E-state index is 12.9. The highest BCUT2D eigenvalue weighted by Gasteiger charge is 2.35. The van der Waals surface area contributed by atoms with E-state index < -0.39 is 5.92 Å². The maximum Gasteiger partial charge on any atom is 0.258 e. The molecule has 1 N–H and O–H groups in total. The van der Waals surface area contributed by atoms with Crippen molar-refractivity contribution < 1.29 is 18.8 Å². The molecule has 2 amide bonds. The molecule has 35 heavy (non-hydrogen) atoms. The minimum Gasteiger partial charge on any atom is -0.497 e. The van der Waals surface area contributed by atoms with Gasteiger partial charge in [-0.3, -0.25) is 9.59 Å². The first-order chi connectivity index (χ1) is 17.0. The summed E-state index contributed by atoms with van der Waals surface area (Å²) in [6, 6.07) is 22.3. The second kappa shape index (κ2) is 9.42. The molecule has 1 aromatic heterocycles. The third-order valence-electron chi connectivity index (χ3n) is 5.99. The minimum absolute atomic E-state index is 0.0559. The van der Waals surface area contributed by atoms with Crippen molar-refractivity contribution in [1.29, 1.82) is 0 Å². The number of carbonyl (C=O) groups is 2. The van der Waals surface area contributed by atoms with Gasteiger partial charge in [0.2, 0.25) is 17.6 Å². The van der Waals surface area contributed by atoms with Crippen LogP contribution in [0.5, 0.6) is 5.75 Å². The fraction of sp³-hybridized carbons (Fsp3) is 0.185. The average molecular weight is 469 g/mol. The number of carbonyl (C=O) groups excluding carboxylic acids is 2. The summed E-state index contributed by atoms with van der Waals surface area (Å²) in [5.74, 6) is 0.852. The minimum atomic E-state index is -0.433.